The molecular weight excluding hydrogens is 416 g/mol. The molecule has 0 radical (unpaired) electrons. The van der Waals surface area contributed by atoms with Crippen molar-refractivity contribution in [1.82, 2.24) is 20.3 Å². The first-order chi connectivity index (χ1) is 15.4. The molecule has 1 aliphatic heterocycles. The highest BCUT2D eigenvalue weighted by molar-refractivity contribution is 5.87. The van der Waals surface area contributed by atoms with Gasteiger partial charge < -0.3 is 20.3 Å². The minimum atomic E-state index is -1.13. The monoisotopic (exact) mass is 441 g/mol. The van der Waals surface area contributed by atoms with E-state index in [0.29, 0.717) is 13.0 Å². The fourth-order valence-electron chi connectivity index (χ4n) is 4.92. The second-order valence-electron chi connectivity index (χ2n) is 8.98. The lowest BCUT2D eigenvalue weighted by molar-refractivity contribution is -0.129. The van der Waals surface area contributed by atoms with E-state index >= 15 is 0 Å². The van der Waals surface area contributed by atoms with Crippen molar-refractivity contribution in [2.45, 2.75) is 38.3 Å². The molecule has 0 unspecified atom stereocenters. The Balaban J connectivity index is 1.27. The Morgan fingerprint density at radius 2 is 2.09 bits per heavy atom. The summed E-state index contributed by atoms with van der Waals surface area (Å²) in [5.41, 5.74) is 0.912. The van der Waals surface area contributed by atoms with Crippen LogP contribution in [0.3, 0.4) is 0 Å². The summed E-state index contributed by atoms with van der Waals surface area (Å²) in [6, 6.07) is 4.60. The number of rotatable bonds is 5. The van der Waals surface area contributed by atoms with Gasteiger partial charge in [-0.1, -0.05) is 6.07 Å². The maximum Gasteiger partial charge on any atom is 0.224 e. The number of carbonyl (C=O) groups is 1. The fourth-order valence-corrected chi connectivity index (χ4v) is 4.92. The standard InChI is InChI=1S/C23H25F2N5O2/c1-13(19(31)14-2-3-17(24)18(25)10-14)29-22(32)16-5-9-30(11-23(16)6-7-23)21-15-4-8-26-20(15)27-12-28-21/h2-4,8,10,12-13,16,19,31H,5-7,9,11H2,1H3,(H,29,32)(H,26,27,28)/t13-,16+,19+/m0/s1. The Bertz CT molecular complexity index is 1160. The van der Waals surface area contributed by atoms with Crippen LogP contribution in [0.2, 0.25) is 0 Å². The highest BCUT2D eigenvalue weighted by atomic mass is 19.2. The lowest BCUT2D eigenvalue weighted by Crippen LogP contribution is -2.50. The van der Waals surface area contributed by atoms with Gasteiger partial charge in [0.25, 0.3) is 0 Å². The number of aromatic amines is 1. The second kappa shape index (κ2) is 7.81. The van der Waals surface area contributed by atoms with E-state index in [9.17, 15) is 18.7 Å². The molecule has 0 bridgehead atoms. The summed E-state index contributed by atoms with van der Waals surface area (Å²) in [5, 5.41) is 14.4. The molecule has 1 saturated carbocycles. The molecule has 2 aromatic heterocycles. The normalized spacial score (nSPS) is 21.5. The first kappa shape index (κ1) is 20.8. The Morgan fingerprint density at radius 1 is 1.28 bits per heavy atom. The number of piperidine rings is 1. The zero-order valence-electron chi connectivity index (χ0n) is 17.7. The molecule has 3 N–H and O–H groups in total. The van der Waals surface area contributed by atoms with Gasteiger partial charge in [-0.15, -0.1) is 0 Å². The van der Waals surface area contributed by atoms with E-state index in [1.165, 1.54) is 6.07 Å². The van der Waals surface area contributed by atoms with Crippen LogP contribution in [0.25, 0.3) is 11.0 Å². The lowest BCUT2D eigenvalue weighted by Gasteiger charge is -2.39. The summed E-state index contributed by atoms with van der Waals surface area (Å²) in [4.78, 5) is 27.2. The number of halogens is 2. The molecule has 1 saturated heterocycles. The van der Waals surface area contributed by atoms with Crippen LogP contribution in [0.1, 0.15) is 37.9 Å². The zero-order chi connectivity index (χ0) is 22.5. The van der Waals surface area contributed by atoms with Gasteiger partial charge in [-0.05, 0) is 55.4 Å². The number of aromatic nitrogens is 3. The summed E-state index contributed by atoms with van der Waals surface area (Å²) >= 11 is 0. The van der Waals surface area contributed by atoms with Crippen molar-refractivity contribution in [1.29, 1.82) is 0 Å². The molecule has 1 amide bonds. The van der Waals surface area contributed by atoms with E-state index in [1.807, 2.05) is 12.3 Å². The van der Waals surface area contributed by atoms with Gasteiger partial charge >= 0.3 is 0 Å². The first-order valence-corrected chi connectivity index (χ1v) is 10.8. The van der Waals surface area contributed by atoms with E-state index in [4.69, 9.17) is 0 Å². The molecule has 3 aromatic rings. The van der Waals surface area contributed by atoms with E-state index in [0.717, 1.165) is 48.4 Å². The quantitative estimate of drug-likeness (QED) is 0.566. The van der Waals surface area contributed by atoms with Crippen LogP contribution >= 0.6 is 0 Å². The van der Waals surface area contributed by atoms with Crippen LogP contribution in [0, 0.1) is 23.0 Å². The van der Waals surface area contributed by atoms with Gasteiger partial charge in [-0.2, -0.15) is 0 Å². The zero-order valence-corrected chi connectivity index (χ0v) is 17.7. The fraction of sp³-hybridized carbons (Fsp3) is 0.435. The SMILES string of the molecule is C[C@H](NC(=O)[C@H]1CCN(c2ncnc3[nH]ccc23)CC12CC2)[C@@H](O)c1ccc(F)c(F)c1. The number of fused-ring (bicyclic) bond motifs is 1. The third-order valence-corrected chi connectivity index (χ3v) is 6.90. The number of carbonyl (C=O) groups excluding carboxylic acids is 1. The highest BCUT2D eigenvalue weighted by Crippen LogP contribution is 2.56. The Kier molecular flexibility index (Phi) is 5.08. The molecule has 2 fully saturated rings. The van der Waals surface area contributed by atoms with E-state index in [2.05, 4.69) is 25.2 Å². The molecule has 32 heavy (non-hydrogen) atoms. The van der Waals surface area contributed by atoms with E-state index in [1.54, 1.807) is 13.3 Å². The molecule has 3 heterocycles. The number of nitrogens with one attached hydrogen (secondary N) is 2. The summed E-state index contributed by atoms with van der Waals surface area (Å²) in [6.45, 7) is 3.10. The molecule has 1 aromatic carbocycles. The predicted octanol–water partition coefficient (Wildman–Crippen LogP) is 3.08. The molecule has 1 aliphatic carbocycles. The molecular formula is C23H25F2N5O2. The number of aliphatic hydroxyl groups excluding tert-OH is 1. The number of hydrogen-bond donors (Lipinski definition) is 3. The third-order valence-electron chi connectivity index (χ3n) is 6.90. The van der Waals surface area contributed by atoms with E-state index in [-0.39, 0.29) is 22.8 Å². The summed E-state index contributed by atoms with van der Waals surface area (Å²) < 4.78 is 26.7. The largest absolute Gasteiger partial charge is 0.386 e. The first-order valence-electron chi connectivity index (χ1n) is 10.8. The molecule has 3 atom stereocenters. The van der Waals surface area contributed by atoms with Crippen molar-refractivity contribution in [3.63, 3.8) is 0 Å². The van der Waals surface area contributed by atoms with Crippen LogP contribution in [-0.4, -0.2) is 45.1 Å². The number of hydrogen-bond acceptors (Lipinski definition) is 5. The predicted molar refractivity (Wildman–Crippen MR) is 115 cm³/mol. The summed E-state index contributed by atoms with van der Waals surface area (Å²) in [7, 11) is 0. The third kappa shape index (κ3) is 3.60. The van der Waals surface area contributed by atoms with Crippen LogP contribution in [0.15, 0.2) is 36.8 Å². The maximum absolute atomic E-state index is 13.5. The number of benzene rings is 1. The molecule has 7 nitrogen and oxygen atoms in total. The van der Waals surface area contributed by atoms with Gasteiger partial charge in [-0.3, -0.25) is 4.79 Å². The van der Waals surface area contributed by atoms with Gasteiger partial charge in [0.1, 0.15) is 17.8 Å². The minimum Gasteiger partial charge on any atom is -0.386 e. The Labute approximate surface area is 183 Å². The number of H-pyrrole nitrogens is 1. The molecule has 1 spiro atoms. The van der Waals surface area contributed by atoms with Crippen LogP contribution in [0.4, 0.5) is 14.6 Å². The minimum absolute atomic E-state index is 0.106. The lowest BCUT2D eigenvalue weighted by atomic mass is 9.81. The Hall–Kier alpha value is -3.07. The topological polar surface area (TPSA) is 94.1 Å². The van der Waals surface area contributed by atoms with Crippen molar-refractivity contribution in [2.75, 3.05) is 18.0 Å². The average molecular weight is 441 g/mol. The van der Waals surface area contributed by atoms with Crippen molar-refractivity contribution in [2.24, 2.45) is 11.3 Å². The van der Waals surface area contributed by atoms with Gasteiger partial charge in [0.15, 0.2) is 11.6 Å². The highest BCUT2D eigenvalue weighted by Gasteiger charge is 2.55. The number of aliphatic hydroxyl groups is 1. The van der Waals surface area contributed by atoms with Gasteiger partial charge in [0, 0.05) is 25.2 Å². The maximum atomic E-state index is 13.5. The number of amides is 1. The van der Waals surface area contributed by atoms with Crippen molar-refractivity contribution < 1.29 is 18.7 Å². The summed E-state index contributed by atoms with van der Waals surface area (Å²) in [6.07, 6.45) is 4.86. The van der Waals surface area contributed by atoms with Crippen LogP contribution in [0.5, 0.6) is 0 Å². The second-order valence-corrected chi connectivity index (χ2v) is 8.98. The van der Waals surface area contributed by atoms with Gasteiger partial charge in [-0.25, -0.2) is 18.7 Å². The number of nitrogens with zero attached hydrogens (tertiary/aromatic N) is 3. The molecule has 2 aliphatic rings. The Morgan fingerprint density at radius 3 is 2.84 bits per heavy atom. The van der Waals surface area contributed by atoms with Crippen LogP contribution in [-0.2, 0) is 4.79 Å². The van der Waals surface area contributed by atoms with Crippen molar-refractivity contribution in [3.8, 4) is 0 Å². The molecule has 168 valence electrons. The smallest absolute Gasteiger partial charge is 0.224 e. The molecule has 5 rings (SSSR count). The van der Waals surface area contributed by atoms with Crippen molar-refractivity contribution >= 4 is 22.8 Å². The number of anilines is 1. The van der Waals surface area contributed by atoms with Crippen LogP contribution < -0.4 is 10.2 Å². The van der Waals surface area contributed by atoms with Gasteiger partial charge in [0.2, 0.25) is 5.91 Å². The average Bonchev–Trinajstić information content (AvgIpc) is 3.36. The molecule has 9 heteroatoms. The van der Waals surface area contributed by atoms with Gasteiger partial charge in [0.05, 0.1) is 17.5 Å². The van der Waals surface area contributed by atoms with Crippen molar-refractivity contribution in [3.05, 3.63) is 54.0 Å². The van der Waals surface area contributed by atoms with E-state index < -0.39 is 23.8 Å². The summed E-state index contributed by atoms with van der Waals surface area (Å²) in [5.74, 6) is -1.39.